The minimum atomic E-state index is -4.37. The van der Waals surface area contributed by atoms with Crippen LogP contribution in [-0.4, -0.2) is 12.8 Å². The summed E-state index contributed by atoms with van der Waals surface area (Å²) in [6.07, 6.45) is -4.37. The van der Waals surface area contributed by atoms with Gasteiger partial charge in [-0.25, -0.2) is 0 Å². The van der Waals surface area contributed by atoms with Gasteiger partial charge in [0.2, 0.25) is 0 Å². The topological polar surface area (TPSA) is 21.6 Å². The van der Waals surface area contributed by atoms with E-state index in [9.17, 15) is 13.2 Å². The molecular weight excluding hydrogens is 339 g/mol. The van der Waals surface area contributed by atoms with E-state index in [1.165, 1.54) is 19.2 Å². The zero-order chi connectivity index (χ0) is 19.5. The molecule has 0 spiro atoms. The molecule has 26 heavy (non-hydrogen) atoms. The highest BCUT2D eigenvalue weighted by molar-refractivity contribution is 6.12. The van der Waals surface area contributed by atoms with Crippen LogP contribution >= 0.6 is 0 Å². The first kappa shape index (κ1) is 20.0. The molecule has 2 aromatic rings. The number of benzene rings is 2. The molecule has 5 heteroatoms. The van der Waals surface area contributed by atoms with E-state index in [1.807, 2.05) is 12.1 Å². The molecule has 2 nitrogen and oxygen atoms in total. The van der Waals surface area contributed by atoms with Gasteiger partial charge in [-0.3, -0.25) is 0 Å². The molecule has 0 atom stereocenters. The maximum atomic E-state index is 12.8. The van der Waals surface area contributed by atoms with E-state index in [0.29, 0.717) is 11.3 Å². The fourth-order valence-corrected chi connectivity index (χ4v) is 2.55. The Morgan fingerprint density at radius 3 is 1.81 bits per heavy atom. The van der Waals surface area contributed by atoms with Gasteiger partial charge in [0.25, 0.3) is 0 Å². The fraction of sp³-hybridized carbons (Fsp3) is 0.381. The molecule has 0 heterocycles. The lowest BCUT2D eigenvalue weighted by atomic mass is 9.90. The molecule has 0 saturated heterocycles. The van der Waals surface area contributed by atoms with Crippen molar-refractivity contribution in [3.63, 3.8) is 0 Å². The Morgan fingerprint density at radius 1 is 0.923 bits per heavy atom. The summed E-state index contributed by atoms with van der Waals surface area (Å²) in [5, 5.41) is 4.08. The highest BCUT2D eigenvalue weighted by atomic mass is 19.4. The van der Waals surface area contributed by atoms with Crippen LogP contribution in [0.15, 0.2) is 41.6 Å². The summed E-state index contributed by atoms with van der Waals surface area (Å²) in [4.78, 5) is 4.97. The number of alkyl halides is 3. The van der Waals surface area contributed by atoms with Crippen molar-refractivity contribution in [2.45, 2.75) is 45.7 Å². The van der Waals surface area contributed by atoms with Crippen molar-refractivity contribution in [3.8, 4) is 0 Å². The molecule has 0 fully saturated rings. The Hall–Kier alpha value is -2.30. The summed E-state index contributed by atoms with van der Waals surface area (Å²) in [5.74, 6) is 0.535. The van der Waals surface area contributed by atoms with Gasteiger partial charge >= 0.3 is 6.18 Å². The molecule has 0 amide bonds. The number of nitrogens with zero attached hydrogens (tertiary/aromatic N) is 1. The third-order valence-electron chi connectivity index (χ3n) is 4.10. The molecule has 0 saturated carbocycles. The smallest absolute Gasteiger partial charge is 0.399 e. The van der Waals surface area contributed by atoms with E-state index in [0.717, 1.165) is 28.8 Å². The van der Waals surface area contributed by atoms with Crippen molar-refractivity contribution < 1.29 is 18.0 Å². The van der Waals surface area contributed by atoms with Crippen LogP contribution in [-0.2, 0) is 11.0 Å². The molecule has 0 aliphatic heterocycles. The molecule has 2 rings (SSSR count). The van der Waals surface area contributed by atoms with Crippen molar-refractivity contribution in [1.29, 1.82) is 0 Å². The van der Waals surface area contributed by atoms with Crippen molar-refractivity contribution in [1.82, 2.24) is 0 Å². The van der Waals surface area contributed by atoms with Gasteiger partial charge in [-0.1, -0.05) is 45.0 Å². The molecule has 0 aromatic heterocycles. The molecule has 0 unspecified atom stereocenters. The second kappa shape index (κ2) is 7.94. The third-order valence-corrected chi connectivity index (χ3v) is 4.10. The summed E-state index contributed by atoms with van der Waals surface area (Å²) >= 11 is 0. The lowest BCUT2D eigenvalue weighted by molar-refractivity contribution is -0.137. The van der Waals surface area contributed by atoms with Crippen LogP contribution in [0.25, 0.3) is 0 Å². The number of oxime groups is 1. The molecule has 139 valence electrons. The molecule has 0 aliphatic rings. The Labute approximate surface area is 152 Å². The average molecular weight is 362 g/mol. The minimum absolute atomic E-state index is 0.267. The SMILES string of the molecule is CON=C(c1ccc(C(F)(F)F)cc1)c1cc(C(C)C)[c]c(C(C)C)c1. The van der Waals surface area contributed by atoms with Crippen LogP contribution in [0.5, 0.6) is 0 Å². The van der Waals surface area contributed by atoms with Crippen LogP contribution < -0.4 is 0 Å². The number of halogens is 3. The van der Waals surface area contributed by atoms with Crippen LogP contribution in [0.3, 0.4) is 0 Å². The number of hydrogen-bond donors (Lipinski definition) is 0. The van der Waals surface area contributed by atoms with Crippen molar-refractivity contribution in [2.24, 2.45) is 5.16 Å². The summed E-state index contributed by atoms with van der Waals surface area (Å²) < 4.78 is 38.4. The van der Waals surface area contributed by atoms with Crippen molar-refractivity contribution in [2.75, 3.05) is 7.11 Å². The van der Waals surface area contributed by atoms with Gasteiger partial charge in [0.15, 0.2) is 0 Å². The predicted octanol–water partition coefficient (Wildman–Crippen LogP) is 6.15. The van der Waals surface area contributed by atoms with Gasteiger partial charge in [-0.05, 0) is 53.3 Å². The van der Waals surface area contributed by atoms with E-state index >= 15 is 0 Å². The van der Waals surface area contributed by atoms with Crippen LogP contribution in [0.1, 0.15) is 67.3 Å². The molecule has 1 radical (unpaired) electrons. The van der Waals surface area contributed by atoms with Crippen LogP contribution in [0.2, 0.25) is 0 Å². The summed E-state index contributed by atoms with van der Waals surface area (Å²) in [7, 11) is 1.42. The molecule has 0 bridgehead atoms. The van der Waals surface area contributed by atoms with Crippen LogP contribution in [0, 0.1) is 6.07 Å². The first-order chi connectivity index (χ1) is 12.1. The Kier molecular flexibility index (Phi) is 6.11. The van der Waals surface area contributed by atoms with Gasteiger partial charge in [-0.15, -0.1) is 0 Å². The van der Waals surface area contributed by atoms with Crippen LogP contribution in [0.4, 0.5) is 13.2 Å². The Balaban J connectivity index is 2.56. The summed E-state index contributed by atoms with van der Waals surface area (Å²) in [5.41, 5.74) is 3.24. The first-order valence-corrected chi connectivity index (χ1v) is 8.49. The standard InChI is InChI=1S/C21H23F3NO/c1-13(2)16-10-17(14(3)4)12-18(11-16)20(25-26-5)15-6-8-19(9-7-15)21(22,23)24/h6-9,11-14H,1-5H3. The summed E-state index contributed by atoms with van der Waals surface area (Å²) in [6.45, 7) is 8.30. The molecule has 2 aromatic carbocycles. The second-order valence-corrected chi connectivity index (χ2v) is 6.79. The third kappa shape index (κ3) is 4.65. The lowest BCUT2D eigenvalue weighted by Gasteiger charge is -2.15. The normalized spacial score (nSPS) is 12.8. The molecule has 0 aliphatic carbocycles. The maximum Gasteiger partial charge on any atom is 0.416 e. The van der Waals surface area contributed by atoms with E-state index in [-0.39, 0.29) is 11.8 Å². The average Bonchev–Trinajstić information content (AvgIpc) is 2.58. The molecular formula is C21H23F3NO. The fourth-order valence-electron chi connectivity index (χ4n) is 2.55. The van der Waals surface area contributed by atoms with E-state index < -0.39 is 11.7 Å². The first-order valence-electron chi connectivity index (χ1n) is 8.49. The number of hydrogen-bond acceptors (Lipinski definition) is 2. The Morgan fingerprint density at radius 2 is 1.42 bits per heavy atom. The van der Waals surface area contributed by atoms with Gasteiger partial charge in [0.1, 0.15) is 12.8 Å². The lowest BCUT2D eigenvalue weighted by Crippen LogP contribution is -2.09. The van der Waals surface area contributed by atoms with Gasteiger partial charge < -0.3 is 4.84 Å². The predicted molar refractivity (Wildman–Crippen MR) is 97.5 cm³/mol. The highest BCUT2D eigenvalue weighted by Crippen LogP contribution is 2.30. The number of rotatable bonds is 5. The monoisotopic (exact) mass is 362 g/mol. The highest BCUT2D eigenvalue weighted by Gasteiger charge is 2.30. The Bertz CT molecular complexity index is 749. The largest absolute Gasteiger partial charge is 0.416 e. The molecule has 0 N–H and O–H groups in total. The maximum absolute atomic E-state index is 12.8. The van der Waals surface area contributed by atoms with Crippen molar-refractivity contribution >= 4 is 5.71 Å². The zero-order valence-electron chi connectivity index (χ0n) is 15.6. The van der Waals surface area contributed by atoms with Gasteiger partial charge in [0, 0.05) is 11.1 Å². The van der Waals surface area contributed by atoms with Gasteiger partial charge in [-0.2, -0.15) is 13.2 Å². The summed E-state index contributed by atoms with van der Waals surface area (Å²) in [6, 6.07) is 12.3. The van der Waals surface area contributed by atoms with Crippen molar-refractivity contribution in [3.05, 3.63) is 70.3 Å². The minimum Gasteiger partial charge on any atom is -0.399 e. The van der Waals surface area contributed by atoms with E-state index in [1.54, 1.807) is 0 Å². The van der Waals surface area contributed by atoms with Gasteiger partial charge in [0.05, 0.1) is 5.56 Å². The van der Waals surface area contributed by atoms with E-state index in [4.69, 9.17) is 4.84 Å². The quantitative estimate of drug-likeness (QED) is 0.462. The van der Waals surface area contributed by atoms with E-state index in [2.05, 4.69) is 38.9 Å². The zero-order valence-corrected chi connectivity index (χ0v) is 15.6. The second-order valence-electron chi connectivity index (χ2n) is 6.79.